The summed E-state index contributed by atoms with van der Waals surface area (Å²) in [6.07, 6.45) is 0.728. The molecule has 0 bridgehead atoms. The Morgan fingerprint density at radius 3 is 2.22 bits per heavy atom. The minimum Gasteiger partial charge on any atom is -0.329 e. The largest absolute Gasteiger partial charge is 0.329 e. The third kappa shape index (κ3) is 0.773. The van der Waals surface area contributed by atoms with E-state index in [1.54, 1.807) is 6.92 Å². The topological polar surface area (TPSA) is 60.2 Å². The summed E-state index contributed by atoms with van der Waals surface area (Å²) in [4.78, 5) is 0. The average Bonchev–Trinajstić information content (AvgIpc) is 1.84. The summed E-state index contributed by atoms with van der Waals surface area (Å²) < 4.78 is 21.2. The molecule has 1 atom stereocenters. The Bertz CT molecular complexity index is 205. The van der Waals surface area contributed by atoms with Crippen LogP contribution >= 0.6 is 0 Å². The van der Waals surface area contributed by atoms with Gasteiger partial charge in [0.25, 0.3) is 0 Å². The van der Waals surface area contributed by atoms with Crippen LogP contribution in [0.3, 0.4) is 0 Å². The van der Waals surface area contributed by atoms with E-state index in [1.165, 1.54) is 0 Å². The summed E-state index contributed by atoms with van der Waals surface area (Å²) in [7, 11) is -2.80. The van der Waals surface area contributed by atoms with Gasteiger partial charge in [-0.05, 0) is 13.3 Å². The highest BCUT2D eigenvalue weighted by molar-refractivity contribution is 7.94. The molecule has 54 valence electrons. The van der Waals surface area contributed by atoms with E-state index >= 15 is 0 Å². The van der Waals surface area contributed by atoms with Gasteiger partial charge in [-0.15, -0.1) is 0 Å². The molecule has 0 saturated carbocycles. The normalized spacial score (nSPS) is 39.8. The maximum atomic E-state index is 10.9. The molecule has 1 aliphatic heterocycles. The summed E-state index contributed by atoms with van der Waals surface area (Å²) in [5.41, 5.74) is 5.26. The molecule has 9 heavy (non-hydrogen) atoms. The van der Waals surface area contributed by atoms with Crippen LogP contribution in [0.2, 0.25) is 0 Å². The van der Waals surface area contributed by atoms with Crippen LogP contribution < -0.4 is 5.73 Å². The van der Waals surface area contributed by atoms with Gasteiger partial charge < -0.3 is 5.73 Å². The van der Waals surface area contributed by atoms with Gasteiger partial charge in [0.1, 0.15) is 0 Å². The first-order chi connectivity index (χ1) is 4.02. The molecule has 1 aliphatic rings. The van der Waals surface area contributed by atoms with Crippen LogP contribution in [0.4, 0.5) is 0 Å². The van der Waals surface area contributed by atoms with Gasteiger partial charge in [0.15, 0.2) is 9.84 Å². The van der Waals surface area contributed by atoms with Crippen LogP contribution in [0.1, 0.15) is 13.3 Å². The van der Waals surface area contributed by atoms with Gasteiger partial charge in [-0.1, -0.05) is 0 Å². The fraction of sp³-hybridized carbons (Fsp3) is 1.00. The Labute approximate surface area is 55.2 Å². The number of sulfone groups is 1. The molecule has 0 spiro atoms. The first-order valence-electron chi connectivity index (χ1n) is 2.94. The Morgan fingerprint density at radius 1 is 1.67 bits per heavy atom. The Kier molecular flexibility index (Phi) is 1.33. The molecule has 0 amide bonds. The molecular formula is C5H11NO2S. The zero-order valence-corrected chi connectivity index (χ0v) is 6.24. The molecule has 0 aliphatic carbocycles. The van der Waals surface area contributed by atoms with Gasteiger partial charge in [-0.25, -0.2) is 8.42 Å². The van der Waals surface area contributed by atoms with Gasteiger partial charge in [-0.2, -0.15) is 0 Å². The molecule has 0 aromatic carbocycles. The van der Waals surface area contributed by atoms with Gasteiger partial charge >= 0.3 is 0 Å². The van der Waals surface area contributed by atoms with Gasteiger partial charge in [0.05, 0.1) is 10.5 Å². The van der Waals surface area contributed by atoms with Crippen LogP contribution in [-0.2, 0) is 9.84 Å². The number of nitrogens with two attached hydrogens (primary N) is 1. The van der Waals surface area contributed by atoms with Gasteiger partial charge in [0, 0.05) is 6.54 Å². The third-order valence-corrected chi connectivity index (χ3v) is 4.70. The first kappa shape index (κ1) is 7.02. The summed E-state index contributed by atoms with van der Waals surface area (Å²) in [5, 5.41) is 0. The molecule has 2 N–H and O–H groups in total. The predicted octanol–water partition coefficient (Wildman–Crippen LogP) is -0.478. The van der Waals surface area contributed by atoms with Crippen molar-refractivity contribution in [3.63, 3.8) is 0 Å². The van der Waals surface area contributed by atoms with Crippen molar-refractivity contribution in [2.75, 3.05) is 12.3 Å². The Balaban J connectivity index is 2.87. The highest BCUT2D eigenvalue weighted by Gasteiger charge is 2.46. The number of rotatable bonds is 1. The predicted molar refractivity (Wildman–Crippen MR) is 35.9 cm³/mol. The molecule has 1 saturated heterocycles. The highest BCUT2D eigenvalue weighted by atomic mass is 32.2. The maximum absolute atomic E-state index is 10.9. The molecular weight excluding hydrogens is 138 g/mol. The maximum Gasteiger partial charge on any atom is 0.157 e. The van der Waals surface area contributed by atoms with Crippen molar-refractivity contribution in [3.05, 3.63) is 0 Å². The van der Waals surface area contributed by atoms with Crippen molar-refractivity contribution in [1.29, 1.82) is 0 Å². The molecule has 0 aromatic heterocycles. The second kappa shape index (κ2) is 1.70. The van der Waals surface area contributed by atoms with Crippen molar-refractivity contribution in [2.45, 2.75) is 18.1 Å². The summed E-state index contributed by atoms with van der Waals surface area (Å²) in [5.74, 6) is 0.320. The van der Waals surface area contributed by atoms with E-state index in [1.807, 2.05) is 0 Å². The molecule has 1 fully saturated rings. The second-order valence-electron chi connectivity index (χ2n) is 2.72. The molecule has 1 heterocycles. The van der Waals surface area contributed by atoms with Crippen molar-refractivity contribution < 1.29 is 8.42 Å². The van der Waals surface area contributed by atoms with Gasteiger partial charge in [-0.3, -0.25) is 0 Å². The molecule has 0 aromatic rings. The molecule has 0 radical (unpaired) electrons. The number of hydrogen-bond donors (Lipinski definition) is 1. The average molecular weight is 149 g/mol. The zero-order valence-electron chi connectivity index (χ0n) is 5.42. The van der Waals surface area contributed by atoms with Crippen LogP contribution in [0.15, 0.2) is 0 Å². The van der Waals surface area contributed by atoms with E-state index in [9.17, 15) is 8.42 Å². The van der Waals surface area contributed by atoms with E-state index in [0.29, 0.717) is 5.75 Å². The SMILES string of the molecule is CC1(CN)CCS1(=O)=O. The molecule has 1 unspecified atom stereocenters. The molecule has 4 heteroatoms. The Morgan fingerprint density at radius 2 is 2.22 bits per heavy atom. The monoisotopic (exact) mass is 149 g/mol. The lowest BCUT2D eigenvalue weighted by Crippen LogP contribution is -2.53. The van der Waals surface area contributed by atoms with E-state index in [-0.39, 0.29) is 6.54 Å². The van der Waals surface area contributed by atoms with Crippen molar-refractivity contribution >= 4 is 9.84 Å². The van der Waals surface area contributed by atoms with Crippen LogP contribution in [0.5, 0.6) is 0 Å². The second-order valence-corrected chi connectivity index (χ2v) is 5.35. The van der Waals surface area contributed by atoms with Crippen molar-refractivity contribution in [3.8, 4) is 0 Å². The lowest BCUT2D eigenvalue weighted by atomic mass is 10.1. The molecule has 3 nitrogen and oxygen atoms in total. The van der Waals surface area contributed by atoms with E-state index in [2.05, 4.69) is 0 Å². The third-order valence-electron chi connectivity index (χ3n) is 2.08. The van der Waals surface area contributed by atoms with E-state index in [0.717, 1.165) is 6.42 Å². The van der Waals surface area contributed by atoms with Gasteiger partial charge in [0.2, 0.25) is 0 Å². The molecule has 1 rings (SSSR count). The summed E-state index contributed by atoms with van der Waals surface area (Å²) in [6, 6.07) is 0. The zero-order chi connectivity index (χ0) is 7.12. The minimum atomic E-state index is -2.80. The quantitative estimate of drug-likeness (QED) is 0.548. The van der Waals surface area contributed by atoms with Crippen molar-refractivity contribution in [2.24, 2.45) is 5.73 Å². The standard InChI is InChI=1S/C5H11NO2S/c1-5(4-6)2-3-9(5,7)8/h2-4,6H2,1H3. The smallest absolute Gasteiger partial charge is 0.157 e. The van der Waals surface area contributed by atoms with E-state index < -0.39 is 14.6 Å². The summed E-state index contributed by atoms with van der Waals surface area (Å²) in [6.45, 7) is 1.96. The fourth-order valence-electron chi connectivity index (χ4n) is 0.846. The van der Waals surface area contributed by atoms with Crippen LogP contribution in [-0.4, -0.2) is 25.5 Å². The van der Waals surface area contributed by atoms with Crippen LogP contribution in [0, 0.1) is 0 Å². The van der Waals surface area contributed by atoms with Crippen molar-refractivity contribution in [1.82, 2.24) is 0 Å². The van der Waals surface area contributed by atoms with E-state index in [4.69, 9.17) is 5.73 Å². The highest BCUT2D eigenvalue weighted by Crippen LogP contribution is 2.31. The lowest BCUT2D eigenvalue weighted by molar-refractivity contribution is 0.479. The first-order valence-corrected chi connectivity index (χ1v) is 4.59. The minimum absolute atomic E-state index is 0.259. The lowest BCUT2D eigenvalue weighted by Gasteiger charge is -2.36. The fourth-order valence-corrected chi connectivity index (χ4v) is 2.33. The Hall–Kier alpha value is -0.0900. The van der Waals surface area contributed by atoms with Crippen LogP contribution in [0.25, 0.3) is 0 Å². The number of hydrogen-bond acceptors (Lipinski definition) is 3. The summed E-state index contributed by atoms with van der Waals surface area (Å²) >= 11 is 0.